The maximum absolute atomic E-state index is 13.8. The molecular weight excluding hydrogens is 229 g/mol. The van der Waals surface area contributed by atoms with Gasteiger partial charge in [-0.2, -0.15) is 0 Å². The Kier molecular flexibility index (Phi) is 3.42. The molecule has 1 heterocycles. The molecule has 1 aromatic rings. The Morgan fingerprint density at radius 2 is 1.83 bits per heavy atom. The van der Waals surface area contributed by atoms with Gasteiger partial charge in [-0.05, 0) is 36.0 Å². The molecule has 1 fully saturated rings. The summed E-state index contributed by atoms with van der Waals surface area (Å²) < 4.78 is 13.8. The van der Waals surface area contributed by atoms with Gasteiger partial charge in [0, 0.05) is 13.1 Å². The number of halogens is 1. The molecule has 0 aliphatic carbocycles. The number of nitrogens with zero attached hydrogens (tertiary/aromatic N) is 1. The number of amides is 1. The zero-order chi connectivity index (χ0) is 13.3. The van der Waals surface area contributed by atoms with Gasteiger partial charge in [-0.1, -0.05) is 26.8 Å². The second-order valence-electron chi connectivity index (χ2n) is 5.94. The van der Waals surface area contributed by atoms with Crippen LogP contribution in [0.25, 0.3) is 0 Å². The van der Waals surface area contributed by atoms with Crippen molar-refractivity contribution < 1.29 is 9.18 Å². The average Bonchev–Trinajstić information content (AvgIpc) is 2.80. The van der Waals surface area contributed by atoms with Crippen molar-refractivity contribution in [2.75, 3.05) is 13.1 Å². The van der Waals surface area contributed by atoms with Crippen molar-refractivity contribution >= 4 is 5.91 Å². The zero-order valence-electron chi connectivity index (χ0n) is 11.3. The summed E-state index contributed by atoms with van der Waals surface area (Å²) in [5.74, 6) is -0.587. The van der Waals surface area contributed by atoms with E-state index in [0.717, 1.165) is 31.5 Å². The van der Waals surface area contributed by atoms with Gasteiger partial charge in [0.15, 0.2) is 0 Å². The van der Waals surface area contributed by atoms with Crippen LogP contribution in [0.15, 0.2) is 18.2 Å². The summed E-state index contributed by atoms with van der Waals surface area (Å²) >= 11 is 0. The number of hydrogen-bond acceptors (Lipinski definition) is 1. The predicted molar refractivity (Wildman–Crippen MR) is 70.2 cm³/mol. The number of hydrogen-bond donors (Lipinski definition) is 0. The van der Waals surface area contributed by atoms with Crippen LogP contribution in [0.2, 0.25) is 0 Å². The molecule has 0 saturated carbocycles. The molecule has 18 heavy (non-hydrogen) atoms. The van der Waals surface area contributed by atoms with E-state index in [0.29, 0.717) is 0 Å². The first-order valence-electron chi connectivity index (χ1n) is 6.49. The Hall–Kier alpha value is -1.38. The summed E-state index contributed by atoms with van der Waals surface area (Å²) in [6, 6.07) is 4.87. The maximum atomic E-state index is 13.8. The van der Waals surface area contributed by atoms with Crippen LogP contribution in [-0.2, 0) is 5.41 Å². The van der Waals surface area contributed by atoms with Crippen LogP contribution in [0.4, 0.5) is 4.39 Å². The molecule has 2 rings (SSSR count). The van der Waals surface area contributed by atoms with Gasteiger partial charge in [0.05, 0.1) is 5.56 Å². The second-order valence-corrected chi connectivity index (χ2v) is 5.94. The van der Waals surface area contributed by atoms with Crippen LogP contribution in [0.5, 0.6) is 0 Å². The lowest BCUT2D eigenvalue weighted by molar-refractivity contribution is 0.0788. The number of rotatable bonds is 1. The molecule has 0 radical (unpaired) electrons. The first kappa shape index (κ1) is 13.1. The lowest BCUT2D eigenvalue weighted by Gasteiger charge is -2.21. The van der Waals surface area contributed by atoms with E-state index in [1.54, 1.807) is 17.0 Å². The minimum Gasteiger partial charge on any atom is -0.339 e. The summed E-state index contributed by atoms with van der Waals surface area (Å²) in [6.45, 7) is 7.68. The summed E-state index contributed by atoms with van der Waals surface area (Å²) in [5.41, 5.74) is 1.13. The second kappa shape index (κ2) is 4.71. The molecule has 98 valence electrons. The fourth-order valence-electron chi connectivity index (χ4n) is 2.25. The lowest BCUT2D eigenvalue weighted by atomic mass is 9.86. The van der Waals surface area contributed by atoms with Crippen molar-refractivity contribution in [1.29, 1.82) is 0 Å². The van der Waals surface area contributed by atoms with E-state index in [1.807, 2.05) is 0 Å². The van der Waals surface area contributed by atoms with Crippen molar-refractivity contribution in [3.63, 3.8) is 0 Å². The molecule has 1 aliphatic rings. The number of likely N-dealkylation sites (tertiary alicyclic amines) is 1. The third kappa shape index (κ3) is 2.55. The molecule has 0 spiro atoms. The molecule has 1 saturated heterocycles. The third-order valence-corrected chi connectivity index (χ3v) is 3.46. The minimum absolute atomic E-state index is 0.0757. The Morgan fingerprint density at radius 1 is 1.22 bits per heavy atom. The fourth-order valence-corrected chi connectivity index (χ4v) is 2.25. The summed E-state index contributed by atoms with van der Waals surface area (Å²) in [4.78, 5) is 14.0. The quantitative estimate of drug-likeness (QED) is 0.747. The Bertz CT molecular complexity index is 456. The summed E-state index contributed by atoms with van der Waals surface area (Å²) in [7, 11) is 0. The smallest absolute Gasteiger partial charge is 0.256 e. The SMILES string of the molecule is CC(C)(C)c1ccc(F)c(C(=O)N2CCCC2)c1. The van der Waals surface area contributed by atoms with Crippen LogP contribution >= 0.6 is 0 Å². The van der Waals surface area contributed by atoms with Crippen molar-refractivity contribution in [1.82, 2.24) is 4.90 Å². The van der Waals surface area contributed by atoms with Gasteiger partial charge in [0.1, 0.15) is 5.82 Å². The van der Waals surface area contributed by atoms with Crippen molar-refractivity contribution in [3.8, 4) is 0 Å². The van der Waals surface area contributed by atoms with Gasteiger partial charge >= 0.3 is 0 Å². The van der Waals surface area contributed by atoms with E-state index in [-0.39, 0.29) is 16.9 Å². The van der Waals surface area contributed by atoms with Crippen molar-refractivity contribution in [2.45, 2.75) is 39.0 Å². The van der Waals surface area contributed by atoms with Gasteiger partial charge in [-0.25, -0.2) is 4.39 Å². The topological polar surface area (TPSA) is 20.3 Å². The van der Waals surface area contributed by atoms with Gasteiger partial charge < -0.3 is 4.90 Å². The molecule has 0 N–H and O–H groups in total. The Morgan fingerprint density at radius 3 is 2.39 bits per heavy atom. The molecule has 1 amide bonds. The normalized spacial score (nSPS) is 16.1. The van der Waals surface area contributed by atoms with Crippen LogP contribution in [0, 0.1) is 5.82 Å². The molecule has 2 nitrogen and oxygen atoms in total. The van der Waals surface area contributed by atoms with Crippen LogP contribution in [-0.4, -0.2) is 23.9 Å². The van der Waals surface area contributed by atoms with E-state index in [2.05, 4.69) is 20.8 Å². The Labute approximate surface area is 108 Å². The van der Waals surface area contributed by atoms with E-state index in [9.17, 15) is 9.18 Å². The van der Waals surface area contributed by atoms with Crippen LogP contribution in [0.3, 0.4) is 0 Å². The summed E-state index contributed by atoms with van der Waals surface area (Å²) in [6.07, 6.45) is 2.04. The monoisotopic (exact) mass is 249 g/mol. The van der Waals surface area contributed by atoms with E-state index in [1.165, 1.54) is 6.07 Å². The minimum atomic E-state index is -0.417. The maximum Gasteiger partial charge on any atom is 0.256 e. The Balaban J connectivity index is 2.34. The standard InChI is InChI=1S/C15H20FNO/c1-15(2,3)11-6-7-13(16)12(10-11)14(18)17-8-4-5-9-17/h6-7,10H,4-5,8-9H2,1-3H3. The molecular formula is C15H20FNO. The molecule has 0 atom stereocenters. The molecule has 1 aliphatic heterocycles. The highest BCUT2D eigenvalue weighted by Gasteiger charge is 2.24. The van der Waals surface area contributed by atoms with E-state index < -0.39 is 5.82 Å². The highest BCUT2D eigenvalue weighted by molar-refractivity contribution is 5.94. The van der Waals surface area contributed by atoms with E-state index in [4.69, 9.17) is 0 Å². The molecule has 3 heteroatoms. The van der Waals surface area contributed by atoms with Crippen LogP contribution in [0.1, 0.15) is 49.5 Å². The first-order chi connectivity index (χ1) is 8.39. The number of carbonyl (C=O) groups is 1. The fraction of sp³-hybridized carbons (Fsp3) is 0.533. The van der Waals surface area contributed by atoms with Gasteiger partial charge in [-0.3, -0.25) is 4.79 Å². The van der Waals surface area contributed by atoms with Crippen molar-refractivity contribution in [3.05, 3.63) is 35.1 Å². The summed E-state index contributed by atoms with van der Waals surface area (Å²) in [5, 5.41) is 0. The lowest BCUT2D eigenvalue weighted by Crippen LogP contribution is -2.29. The predicted octanol–water partition coefficient (Wildman–Crippen LogP) is 3.36. The molecule has 0 unspecified atom stereocenters. The highest BCUT2D eigenvalue weighted by Crippen LogP contribution is 2.25. The van der Waals surface area contributed by atoms with Gasteiger partial charge in [0.25, 0.3) is 5.91 Å². The molecule has 0 bridgehead atoms. The molecule has 0 aromatic heterocycles. The number of carbonyl (C=O) groups excluding carboxylic acids is 1. The molecule has 1 aromatic carbocycles. The third-order valence-electron chi connectivity index (χ3n) is 3.46. The average molecular weight is 249 g/mol. The highest BCUT2D eigenvalue weighted by atomic mass is 19.1. The van der Waals surface area contributed by atoms with Crippen LogP contribution < -0.4 is 0 Å². The zero-order valence-corrected chi connectivity index (χ0v) is 11.3. The van der Waals surface area contributed by atoms with Crippen molar-refractivity contribution in [2.24, 2.45) is 0 Å². The van der Waals surface area contributed by atoms with Gasteiger partial charge in [0.2, 0.25) is 0 Å². The number of benzene rings is 1. The van der Waals surface area contributed by atoms with Gasteiger partial charge in [-0.15, -0.1) is 0 Å². The largest absolute Gasteiger partial charge is 0.339 e. The van der Waals surface area contributed by atoms with E-state index >= 15 is 0 Å². The first-order valence-corrected chi connectivity index (χ1v) is 6.49.